The smallest absolute Gasteiger partial charge is 0.252 e. The molecule has 2 amide bonds. The number of anilines is 1. The molecular weight excluding hydrogens is 506 g/mol. The zero-order valence-electron chi connectivity index (χ0n) is 21.0. The first-order valence-corrected chi connectivity index (χ1v) is 14.4. The molecule has 0 saturated carbocycles. The van der Waals surface area contributed by atoms with Gasteiger partial charge in [-0.25, -0.2) is 0 Å². The number of carbonyl (C=O) groups is 2. The van der Waals surface area contributed by atoms with Crippen LogP contribution in [-0.4, -0.2) is 57.8 Å². The van der Waals surface area contributed by atoms with Gasteiger partial charge in [0.1, 0.15) is 0 Å². The van der Waals surface area contributed by atoms with E-state index < -0.39 is 11.3 Å². The summed E-state index contributed by atoms with van der Waals surface area (Å²) in [7, 11) is 0. The van der Waals surface area contributed by atoms with Gasteiger partial charge in [0.15, 0.2) is 5.37 Å². The Morgan fingerprint density at radius 1 is 0.973 bits per heavy atom. The van der Waals surface area contributed by atoms with E-state index in [4.69, 9.17) is 22.4 Å². The summed E-state index contributed by atoms with van der Waals surface area (Å²) < 4.78 is 0. The molecule has 2 saturated heterocycles. The largest absolute Gasteiger partial charge is 0.367 e. The molecule has 2 atom stereocenters. The third kappa shape index (κ3) is 6.48. The predicted octanol–water partition coefficient (Wildman–Crippen LogP) is 4.63. The van der Waals surface area contributed by atoms with E-state index in [0.29, 0.717) is 24.4 Å². The van der Waals surface area contributed by atoms with E-state index in [1.807, 2.05) is 41.3 Å². The topological polar surface area (TPSA) is 82.2 Å². The molecule has 0 bridgehead atoms. The number of thioether (sulfide) groups is 1. The number of primary amides is 1. The van der Waals surface area contributed by atoms with Crippen LogP contribution < -0.4 is 10.6 Å². The van der Waals surface area contributed by atoms with Gasteiger partial charge < -0.3 is 10.6 Å². The van der Waals surface area contributed by atoms with Crippen molar-refractivity contribution < 1.29 is 9.59 Å². The average molecular weight is 540 g/mol. The van der Waals surface area contributed by atoms with Crippen molar-refractivity contribution in [3.05, 3.63) is 64.7 Å². The first-order valence-electron chi connectivity index (χ1n) is 13.1. The van der Waals surface area contributed by atoms with Gasteiger partial charge in [-0.05, 0) is 67.7 Å². The van der Waals surface area contributed by atoms with E-state index in [9.17, 15) is 9.59 Å². The van der Waals surface area contributed by atoms with Crippen molar-refractivity contribution in [2.75, 3.05) is 24.5 Å². The summed E-state index contributed by atoms with van der Waals surface area (Å²) in [5, 5.41) is 7.50. The number of hydrogen-bond acceptors (Lipinski definition) is 6. The fourth-order valence-corrected chi connectivity index (χ4v) is 6.50. The molecule has 0 radical (unpaired) electrons. The maximum Gasteiger partial charge on any atom is 0.252 e. The van der Waals surface area contributed by atoms with Gasteiger partial charge in [-0.15, -0.1) is 0 Å². The van der Waals surface area contributed by atoms with Crippen molar-refractivity contribution in [2.45, 2.75) is 62.9 Å². The lowest BCUT2D eigenvalue weighted by molar-refractivity contribution is -0.121. The van der Waals surface area contributed by atoms with Crippen LogP contribution in [0.2, 0.25) is 5.02 Å². The van der Waals surface area contributed by atoms with Crippen LogP contribution in [0, 0.1) is 0 Å². The van der Waals surface area contributed by atoms with Gasteiger partial charge in [0.2, 0.25) is 5.91 Å². The number of likely N-dealkylation sites (tertiary alicyclic amines) is 1. The van der Waals surface area contributed by atoms with Gasteiger partial charge >= 0.3 is 0 Å². The summed E-state index contributed by atoms with van der Waals surface area (Å²) in [5.41, 5.74) is 9.05. The van der Waals surface area contributed by atoms with Crippen LogP contribution in [0.25, 0.3) is 0 Å². The monoisotopic (exact) mass is 539 g/mol. The molecule has 3 aliphatic rings. The first kappa shape index (κ1) is 26.1. The summed E-state index contributed by atoms with van der Waals surface area (Å²) in [6.07, 6.45) is 7.01. The van der Waals surface area contributed by atoms with Gasteiger partial charge in [0, 0.05) is 30.2 Å². The molecular formula is C28H34ClN5O2S. The molecule has 2 unspecified atom stereocenters. The molecule has 3 aliphatic heterocycles. The minimum atomic E-state index is -0.589. The Kier molecular flexibility index (Phi) is 8.37. The van der Waals surface area contributed by atoms with Gasteiger partial charge in [0.05, 0.1) is 17.5 Å². The standard InChI is InChI=1S/C28H34ClN5O2S/c29-22-10-5-20(6-11-22)9-14-25-31-34(28(37-25)27(30)36)24-17-26(35)33(19-24)23-12-7-21(8-13-23)18-32-15-3-1-2-4-16-32/h5-8,10-13,24,28H,1-4,9,14-19H2,(H2,30,36). The van der Waals surface area contributed by atoms with Crippen LogP contribution >= 0.6 is 23.4 Å². The fraction of sp³-hybridized carbons (Fsp3) is 0.464. The highest BCUT2D eigenvalue weighted by Gasteiger charge is 2.42. The van der Waals surface area contributed by atoms with E-state index in [-0.39, 0.29) is 11.9 Å². The zero-order chi connectivity index (χ0) is 25.8. The second-order valence-electron chi connectivity index (χ2n) is 10.1. The minimum Gasteiger partial charge on any atom is -0.367 e. The van der Waals surface area contributed by atoms with Crippen LogP contribution in [0.3, 0.4) is 0 Å². The third-order valence-corrected chi connectivity index (χ3v) is 8.81. The second-order valence-corrected chi connectivity index (χ2v) is 11.7. The summed E-state index contributed by atoms with van der Waals surface area (Å²) >= 11 is 7.38. The Morgan fingerprint density at radius 2 is 1.65 bits per heavy atom. The van der Waals surface area contributed by atoms with Crippen LogP contribution in [0.15, 0.2) is 53.6 Å². The molecule has 2 aromatic rings. The predicted molar refractivity (Wildman–Crippen MR) is 151 cm³/mol. The van der Waals surface area contributed by atoms with Crippen molar-refractivity contribution in [2.24, 2.45) is 10.8 Å². The highest BCUT2D eigenvalue weighted by Crippen LogP contribution is 2.34. The van der Waals surface area contributed by atoms with Crippen LogP contribution in [0.1, 0.15) is 49.7 Å². The molecule has 5 rings (SSSR count). The molecule has 196 valence electrons. The normalized spacial score (nSPS) is 22.8. The van der Waals surface area contributed by atoms with E-state index in [1.54, 1.807) is 5.01 Å². The second kappa shape index (κ2) is 11.9. The number of carbonyl (C=O) groups excluding carboxylic acids is 2. The van der Waals surface area contributed by atoms with Crippen molar-refractivity contribution in [1.82, 2.24) is 9.91 Å². The number of rotatable bonds is 8. The molecule has 0 spiro atoms. The number of nitrogens with two attached hydrogens (primary N) is 1. The van der Waals surface area contributed by atoms with Gasteiger partial charge in [0.25, 0.3) is 5.91 Å². The third-order valence-electron chi connectivity index (χ3n) is 7.33. The van der Waals surface area contributed by atoms with Crippen LogP contribution in [0.5, 0.6) is 0 Å². The van der Waals surface area contributed by atoms with Gasteiger partial charge in [-0.1, -0.05) is 60.5 Å². The van der Waals surface area contributed by atoms with E-state index in [2.05, 4.69) is 17.0 Å². The molecule has 37 heavy (non-hydrogen) atoms. The number of hydrogen-bond donors (Lipinski definition) is 1. The molecule has 2 aromatic carbocycles. The molecule has 9 heteroatoms. The van der Waals surface area contributed by atoms with Gasteiger partial charge in [-0.3, -0.25) is 19.5 Å². The van der Waals surface area contributed by atoms with E-state index in [1.165, 1.54) is 43.0 Å². The number of aryl methyl sites for hydroxylation is 1. The number of hydrazone groups is 1. The number of amides is 2. The van der Waals surface area contributed by atoms with Crippen molar-refractivity contribution in [1.29, 1.82) is 0 Å². The average Bonchev–Trinajstić information content (AvgIpc) is 3.40. The van der Waals surface area contributed by atoms with E-state index in [0.717, 1.165) is 42.3 Å². The van der Waals surface area contributed by atoms with Crippen molar-refractivity contribution in [3.8, 4) is 0 Å². The minimum absolute atomic E-state index is 0.0447. The number of halogens is 1. The summed E-state index contributed by atoms with van der Waals surface area (Å²) in [4.78, 5) is 29.6. The number of nitrogens with zero attached hydrogens (tertiary/aromatic N) is 4. The zero-order valence-corrected chi connectivity index (χ0v) is 22.6. The highest BCUT2D eigenvalue weighted by molar-refractivity contribution is 8.15. The van der Waals surface area contributed by atoms with Crippen molar-refractivity contribution in [3.63, 3.8) is 0 Å². The maximum absolute atomic E-state index is 13.0. The Bertz CT molecular complexity index is 1130. The quantitative estimate of drug-likeness (QED) is 0.529. The lowest BCUT2D eigenvalue weighted by Crippen LogP contribution is -2.44. The molecule has 0 aliphatic carbocycles. The fourth-order valence-electron chi connectivity index (χ4n) is 5.31. The Labute approximate surface area is 228 Å². The Hall–Kier alpha value is -2.55. The molecule has 7 nitrogen and oxygen atoms in total. The van der Waals surface area contributed by atoms with Crippen LogP contribution in [0.4, 0.5) is 5.69 Å². The molecule has 2 N–H and O–H groups in total. The summed E-state index contributed by atoms with van der Waals surface area (Å²) in [6.45, 7) is 3.76. The summed E-state index contributed by atoms with van der Waals surface area (Å²) in [5.74, 6) is -0.387. The Balaban J connectivity index is 1.22. The summed E-state index contributed by atoms with van der Waals surface area (Å²) in [6, 6.07) is 15.9. The lowest BCUT2D eigenvalue weighted by Gasteiger charge is -2.26. The van der Waals surface area contributed by atoms with Gasteiger partial charge in [-0.2, -0.15) is 5.10 Å². The SMILES string of the molecule is NC(=O)C1SC(CCc2ccc(Cl)cc2)=NN1C1CC(=O)N(c2ccc(CN3CCCCCC3)cc2)C1. The van der Waals surface area contributed by atoms with Crippen LogP contribution in [-0.2, 0) is 22.6 Å². The first-order chi connectivity index (χ1) is 18.0. The molecule has 2 fully saturated rings. The molecule has 3 heterocycles. The van der Waals surface area contributed by atoms with E-state index >= 15 is 0 Å². The molecule has 0 aromatic heterocycles. The Morgan fingerprint density at radius 3 is 2.32 bits per heavy atom. The lowest BCUT2D eigenvalue weighted by atomic mass is 10.1. The van der Waals surface area contributed by atoms with Crippen molar-refractivity contribution >= 4 is 45.9 Å². The maximum atomic E-state index is 13.0. The highest BCUT2D eigenvalue weighted by atomic mass is 35.5. The number of benzene rings is 2.